The van der Waals surface area contributed by atoms with Crippen LogP contribution in [0.15, 0.2) is 60.3 Å². The number of fused-ring (bicyclic) bond motifs is 1. The number of nitrogens with one attached hydrogen (secondary N) is 2. The minimum absolute atomic E-state index is 0.0460. The average molecular weight is 491 g/mol. The van der Waals surface area contributed by atoms with Crippen LogP contribution in [0.25, 0.3) is 17.0 Å². The fourth-order valence-electron chi connectivity index (χ4n) is 3.93. The van der Waals surface area contributed by atoms with E-state index in [0.717, 1.165) is 15.8 Å². The van der Waals surface area contributed by atoms with Gasteiger partial charge in [-0.15, -0.1) is 0 Å². The Labute approximate surface area is 207 Å². The number of anilines is 1. The fraction of sp³-hybridized carbons (Fsp3) is 0.231. The highest BCUT2D eigenvalue weighted by atomic mass is 16.5. The van der Waals surface area contributed by atoms with Crippen molar-refractivity contribution in [3.8, 4) is 5.75 Å². The maximum atomic E-state index is 13.3. The summed E-state index contributed by atoms with van der Waals surface area (Å²) in [6, 6.07) is 12.9. The minimum Gasteiger partial charge on any atom is -0.494 e. The van der Waals surface area contributed by atoms with Gasteiger partial charge in [-0.1, -0.05) is 18.2 Å². The van der Waals surface area contributed by atoms with E-state index in [1.165, 1.54) is 6.08 Å². The summed E-state index contributed by atoms with van der Waals surface area (Å²) >= 11 is 0. The molecule has 1 aliphatic heterocycles. The van der Waals surface area contributed by atoms with Crippen LogP contribution in [0.3, 0.4) is 0 Å². The molecule has 1 aromatic heterocycles. The summed E-state index contributed by atoms with van der Waals surface area (Å²) in [5.41, 5.74) is 1.43. The van der Waals surface area contributed by atoms with Gasteiger partial charge >= 0.3 is 6.03 Å². The highest BCUT2D eigenvalue weighted by Gasteiger charge is 2.37. The van der Waals surface area contributed by atoms with Gasteiger partial charge < -0.3 is 19.4 Å². The Morgan fingerprint density at radius 2 is 1.83 bits per heavy atom. The predicted molar refractivity (Wildman–Crippen MR) is 133 cm³/mol. The smallest absolute Gasteiger partial charge is 0.335 e. The number of aromatic nitrogens is 1. The van der Waals surface area contributed by atoms with E-state index in [9.17, 15) is 19.2 Å². The number of hydrogen-bond donors (Lipinski definition) is 2. The van der Waals surface area contributed by atoms with E-state index in [-0.39, 0.29) is 18.0 Å². The van der Waals surface area contributed by atoms with E-state index in [4.69, 9.17) is 9.47 Å². The SMILES string of the molecule is CCOc1ccc(N2C(=O)NC(=O)C(=Cc3cn(CC(=O)NCCOC)c4ccccc34)C2=O)cc1. The van der Waals surface area contributed by atoms with Gasteiger partial charge in [-0.2, -0.15) is 0 Å². The zero-order valence-corrected chi connectivity index (χ0v) is 19.9. The van der Waals surface area contributed by atoms with Crippen molar-refractivity contribution >= 4 is 46.4 Å². The summed E-state index contributed by atoms with van der Waals surface area (Å²) in [6.07, 6.45) is 3.14. The van der Waals surface area contributed by atoms with Gasteiger partial charge in [-0.25, -0.2) is 9.69 Å². The second-order valence-corrected chi connectivity index (χ2v) is 7.96. The van der Waals surface area contributed by atoms with Crippen LogP contribution in [0.4, 0.5) is 10.5 Å². The predicted octanol–water partition coefficient (Wildman–Crippen LogP) is 2.47. The molecular weight excluding hydrogens is 464 g/mol. The standard InChI is InChI=1S/C26H26N4O6/c1-3-36-19-10-8-18(9-11-19)30-25(33)21(24(32)28-26(30)34)14-17-15-29(16-23(31)27-12-13-35-2)22-7-5-4-6-20(17)22/h4-11,14-15H,3,12-13,16H2,1-2H3,(H,27,31)(H,28,32,34). The second-order valence-electron chi connectivity index (χ2n) is 7.96. The molecule has 0 unspecified atom stereocenters. The molecule has 3 aromatic rings. The van der Waals surface area contributed by atoms with Crippen LogP contribution in [-0.2, 0) is 25.7 Å². The third kappa shape index (κ3) is 5.13. The van der Waals surface area contributed by atoms with Crippen LogP contribution in [0.5, 0.6) is 5.75 Å². The van der Waals surface area contributed by atoms with Crippen molar-refractivity contribution in [2.75, 3.05) is 31.8 Å². The molecule has 0 bridgehead atoms. The van der Waals surface area contributed by atoms with E-state index in [0.29, 0.717) is 36.8 Å². The number of para-hydroxylation sites is 1. The average Bonchev–Trinajstić information content (AvgIpc) is 3.20. The fourth-order valence-corrected chi connectivity index (χ4v) is 3.93. The maximum absolute atomic E-state index is 13.3. The number of hydrogen-bond acceptors (Lipinski definition) is 6. The number of rotatable bonds is 9. The van der Waals surface area contributed by atoms with Gasteiger partial charge in [0, 0.05) is 36.3 Å². The number of carbonyl (C=O) groups excluding carboxylic acids is 4. The Kier molecular flexibility index (Phi) is 7.45. The lowest BCUT2D eigenvalue weighted by molar-refractivity contribution is -0.123. The molecule has 2 aromatic carbocycles. The van der Waals surface area contributed by atoms with Crippen LogP contribution in [0.1, 0.15) is 12.5 Å². The zero-order valence-electron chi connectivity index (χ0n) is 19.9. The molecule has 2 N–H and O–H groups in total. The number of benzene rings is 2. The normalized spacial score (nSPS) is 14.9. The summed E-state index contributed by atoms with van der Waals surface area (Å²) in [5.74, 6) is -1.15. The molecule has 4 rings (SSSR count). The van der Waals surface area contributed by atoms with Gasteiger partial charge in [0.2, 0.25) is 5.91 Å². The largest absolute Gasteiger partial charge is 0.494 e. The molecule has 2 heterocycles. The van der Waals surface area contributed by atoms with Crippen LogP contribution in [0, 0.1) is 0 Å². The molecule has 36 heavy (non-hydrogen) atoms. The van der Waals surface area contributed by atoms with Crippen molar-refractivity contribution in [1.82, 2.24) is 15.2 Å². The molecule has 186 valence electrons. The van der Waals surface area contributed by atoms with E-state index >= 15 is 0 Å². The zero-order chi connectivity index (χ0) is 25.7. The van der Waals surface area contributed by atoms with Gasteiger partial charge in [0.05, 0.1) is 18.9 Å². The molecule has 0 saturated carbocycles. The van der Waals surface area contributed by atoms with Crippen molar-refractivity contribution in [3.05, 3.63) is 65.9 Å². The first-order valence-electron chi connectivity index (χ1n) is 11.4. The second kappa shape index (κ2) is 10.9. The summed E-state index contributed by atoms with van der Waals surface area (Å²) < 4.78 is 12.1. The third-order valence-electron chi connectivity index (χ3n) is 5.57. The number of methoxy groups -OCH3 is 1. The molecule has 0 spiro atoms. The molecule has 0 radical (unpaired) electrons. The molecule has 10 nitrogen and oxygen atoms in total. The lowest BCUT2D eigenvalue weighted by Gasteiger charge is -2.26. The first kappa shape index (κ1) is 24.7. The molecular formula is C26H26N4O6. The number of amides is 5. The number of imide groups is 2. The molecule has 5 amide bonds. The highest BCUT2D eigenvalue weighted by molar-refractivity contribution is 6.39. The van der Waals surface area contributed by atoms with E-state index in [1.807, 2.05) is 31.2 Å². The summed E-state index contributed by atoms with van der Waals surface area (Å²) in [6.45, 7) is 3.16. The molecule has 1 saturated heterocycles. The third-order valence-corrected chi connectivity index (χ3v) is 5.57. The number of nitrogens with zero attached hydrogens (tertiary/aromatic N) is 2. The number of barbiturate groups is 1. The quantitative estimate of drug-likeness (QED) is 0.270. The van der Waals surface area contributed by atoms with Crippen molar-refractivity contribution in [2.45, 2.75) is 13.5 Å². The van der Waals surface area contributed by atoms with Crippen LogP contribution >= 0.6 is 0 Å². The van der Waals surface area contributed by atoms with Crippen molar-refractivity contribution in [2.24, 2.45) is 0 Å². The Bertz CT molecular complexity index is 1340. The first-order chi connectivity index (χ1) is 17.4. The maximum Gasteiger partial charge on any atom is 0.335 e. The van der Waals surface area contributed by atoms with Gasteiger partial charge in [0.15, 0.2) is 0 Å². The Morgan fingerprint density at radius 1 is 1.08 bits per heavy atom. The monoisotopic (exact) mass is 490 g/mol. The molecule has 1 aliphatic rings. The van der Waals surface area contributed by atoms with E-state index in [2.05, 4.69) is 10.6 Å². The van der Waals surface area contributed by atoms with Gasteiger partial charge in [0.25, 0.3) is 11.8 Å². The Morgan fingerprint density at radius 3 is 2.56 bits per heavy atom. The molecule has 0 aliphatic carbocycles. The van der Waals surface area contributed by atoms with Crippen molar-refractivity contribution in [3.63, 3.8) is 0 Å². The van der Waals surface area contributed by atoms with Crippen LogP contribution in [0.2, 0.25) is 0 Å². The van der Waals surface area contributed by atoms with Crippen molar-refractivity contribution < 1.29 is 28.7 Å². The van der Waals surface area contributed by atoms with Crippen LogP contribution in [-0.4, -0.2) is 55.2 Å². The van der Waals surface area contributed by atoms with E-state index in [1.54, 1.807) is 42.1 Å². The van der Waals surface area contributed by atoms with Gasteiger partial charge in [-0.3, -0.25) is 19.7 Å². The summed E-state index contributed by atoms with van der Waals surface area (Å²) in [5, 5.41) is 5.75. The number of carbonyl (C=O) groups is 4. The Hall–Kier alpha value is -4.44. The topological polar surface area (TPSA) is 119 Å². The molecule has 0 atom stereocenters. The molecule has 10 heteroatoms. The van der Waals surface area contributed by atoms with Crippen molar-refractivity contribution in [1.29, 1.82) is 0 Å². The summed E-state index contributed by atoms with van der Waals surface area (Å²) in [4.78, 5) is 51.7. The van der Waals surface area contributed by atoms with Crippen LogP contribution < -0.4 is 20.3 Å². The van der Waals surface area contributed by atoms with E-state index < -0.39 is 17.8 Å². The number of ether oxygens (including phenoxy) is 2. The summed E-state index contributed by atoms with van der Waals surface area (Å²) in [7, 11) is 1.55. The highest BCUT2D eigenvalue weighted by Crippen LogP contribution is 2.27. The van der Waals surface area contributed by atoms with Gasteiger partial charge in [-0.05, 0) is 43.3 Å². The first-order valence-corrected chi connectivity index (χ1v) is 11.4. The Balaban J connectivity index is 1.66. The lowest BCUT2D eigenvalue weighted by Crippen LogP contribution is -2.54. The van der Waals surface area contributed by atoms with Gasteiger partial charge in [0.1, 0.15) is 17.9 Å². The number of urea groups is 1. The molecule has 1 fully saturated rings. The minimum atomic E-state index is -0.832. The lowest BCUT2D eigenvalue weighted by atomic mass is 10.1.